The second-order valence-corrected chi connectivity index (χ2v) is 6.73. The molecule has 1 rings (SSSR count). The lowest BCUT2D eigenvalue weighted by atomic mass is 10.1. The third-order valence-electron chi connectivity index (χ3n) is 3.22. The van der Waals surface area contributed by atoms with Crippen molar-refractivity contribution in [1.29, 1.82) is 0 Å². The number of nitrogens with zero attached hydrogens (tertiary/aromatic N) is 2. The first-order chi connectivity index (χ1) is 9.16. The van der Waals surface area contributed by atoms with E-state index in [0.29, 0.717) is 3.57 Å². The summed E-state index contributed by atoms with van der Waals surface area (Å²) in [4.78, 5) is 16.2. The molecule has 0 bridgehead atoms. The zero-order valence-corrected chi connectivity index (χ0v) is 15.2. The summed E-state index contributed by atoms with van der Waals surface area (Å²) in [6.07, 6.45) is 10.4. The highest BCUT2D eigenvalue weighted by Crippen LogP contribution is 2.09. The molecule has 0 fully saturated rings. The molecule has 0 saturated carbocycles. The lowest BCUT2D eigenvalue weighted by molar-refractivity contribution is 0.530. The van der Waals surface area contributed by atoms with Gasteiger partial charge in [0.2, 0.25) is 0 Å². The van der Waals surface area contributed by atoms with Crippen LogP contribution in [-0.2, 0) is 6.54 Å². The van der Waals surface area contributed by atoms with Crippen LogP contribution in [-0.4, -0.2) is 14.9 Å². The average Bonchev–Trinajstić information content (AvgIpc) is 2.40. The molecule has 3 nitrogen and oxygen atoms in total. The zero-order chi connectivity index (χ0) is 14.1. The molecule has 0 N–H and O–H groups in total. The number of rotatable bonds is 9. The molecule has 0 aliphatic carbocycles. The topological polar surface area (TPSA) is 34.9 Å². The van der Waals surface area contributed by atoms with E-state index in [1.54, 1.807) is 10.8 Å². The Morgan fingerprint density at radius 3 is 2.37 bits per heavy atom. The fourth-order valence-electron chi connectivity index (χ4n) is 2.06. The maximum atomic E-state index is 11.9. The van der Waals surface area contributed by atoms with Crippen LogP contribution < -0.4 is 5.56 Å². The van der Waals surface area contributed by atoms with E-state index in [1.807, 2.05) is 6.92 Å². The summed E-state index contributed by atoms with van der Waals surface area (Å²) in [5.74, 6) is 0.822. The van der Waals surface area contributed by atoms with Gasteiger partial charge in [0.1, 0.15) is 5.82 Å². The van der Waals surface area contributed by atoms with Crippen molar-refractivity contribution in [3.05, 3.63) is 25.9 Å². The van der Waals surface area contributed by atoms with Crippen LogP contribution in [0.15, 0.2) is 11.0 Å². The van der Waals surface area contributed by atoms with E-state index in [1.165, 1.54) is 38.5 Å². The molecule has 0 aliphatic heterocycles. The van der Waals surface area contributed by atoms with Gasteiger partial charge >= 0.3 is 0 Å². The maximum absolute atomic E-state index is 11.9. The quantitative estimate of drug-likeness (QED) is 0.326. The number of hydrogen-bond acceptors (Lipinski definition) is 2. The molecule has 5 heteroatoms. The highest BCUT2D eigenvalue weighted by atomic mass is 127. The van der Waals surface area contributed by atoms with Gasteiger partial charge in [0.15, 0.2) is 0 Å². The molecular weight excluding hydrogens is 419 g/mol. The Morgan fingerprint density at radius 2 is 1.74 bits per heavy atom. The molecule has 0 aliphatic rings. The third kappa shape index (κ3) is 6.38. The number of halogens is 2. The van der Waals surface area contributed by atoms with Crippen LogP contribution in [0.1, 0.15) is 50.8 Å². The maximum Gasteiger partial charge on any atom is 0.266 e. The number of aryl methyl sites for hydroxylation is 1. The molecule has 1 heterocycles. The molecule has 0 atom stereocenters. The SMILES string of the molecule is Cc1ncc(I)c(=O)n1CCCCCCCCCBr. The fourth-order valence-corrected chi connectivity index (χ4v) is 2.89. The van der Waals surface area contributed by atoms with Crippen LogP contribution in [0.5, 0.6) is 0 Å². The number of hydrogen-bond donors (Lipinski definition) is 0. The van der Waals surface area contributed by atoms with Gasteiger partial charge in [0.25, 0.3) is 5.56 Å². The second kappa shape index (κ2) is 9.91. The standard InChI is InChI=1S/C14H22BrIN2O/c1-12-17-11-13(16)14(19)18(12)10-8-6-4-2-3-5-7-9-15/h11H,2-10H2,1H3. The lowest BCUT2D eigenvalue weighted by Crippen LogP contribution is -2.25. The Morgan fingerprint density at radius 1 is 1.16 bits per heavy atom. The molecule has 0 aromatic carbocycles. The Bertz CT molecular complexity index is 434. The van der Waals surface area contributed by atoms with Crippen molar-refractivity contribution in [1.82, 2.24) is 9.55 Å². The number of alkyl halides is 1. The van der Waals surface area contributed by atoms with Crippen LogP contribution >= 0.6 is 38.5 Å². The van der Waals surface area contributed by atoms with Crippen molar-refractivity contribution in [3.63, 3.8) is 0 Å². The number of aromatic nitrogens is 2. The van der Waals surface area contributed by atoms with Gasteiger partial charge in [-0.05, 0) is 42.4 Å². The molecule has 0 radical (unpaired) electrons. The molecule has 108 valence electrons. The predicted molar refractivity (Wildman–Crippen MR) is 92.1 cm³/mol. The number of unbranched alkanes of at least 4 members (excludes halogenated alkanes) is 6. The molecule has 1 aromatic heterocycles. The summed E-state index contributed by atoms with van der Waals surface area (Å²) in [7, 11) is 0. The Balaban J connectivity index is 2.23. The van der Waals surface area contributed by atoms with Crippen molar-refractivity contribution in [2.45, 2.75) is 58.4 Å². The van der Waals surface area contributed by atoms with Gasteiger partial charge in [-0.15, -0.1) is 0 Å². The van der Waals surface area contributed by atoms with Crippen LogP contribution in [0.4, 0.5) is 0 Å². The minimum Gasteiger partial charge on any atom is -0.296 e. The summed E-state index contributed by atoms with van der Waals surface area (Å²) in [5, 5.41) is 1.12. The summed E-state index contributed by atoms with van der Waals surface area (Å²) in [6.45, 7) is 2.70. The van der Waals surface area contributed by atoms with E-state index in [2.05, 4.69) is 43.5 Å². The van der Waals surface area contributed by atoms with Gasteiger partial charge in [-0.1, -0.05) is 48.0 Å². The van der Waals surface area contributed by atoms with Gasteiger partial charge in [0.05, 0.1) is 3.57 Å². The van der Waals surface area contributed by atoms with E-state index in [4.69, 9.17) is 0 Å². The fraction of sp³-hybridized carbons (Fsp3) is 0.714. The van der Waals surface area contributed by atoms with Gasteiger partial charge in [-0.25, -0.2) is 4.98 Å². The Kier molecular flexibility index (Phi) is 8.94. The van der Waals surface area contributed by atoms with Crippen LogP contribution in [0.2, 0.25) is 0 Å². The monoisotopic (exact) mass is 440 g/mol. The van der Waals surface area contributed by atoms with Gasteiger partial charge < -0.3 is 0 Å². The van der Waals surface area contributed by atoms with E-state index in [9.17, 15) is 4.79 Å². The zero-order valence-electron chi connectivity index (χ0n) is 11.5. The second-order valence-electron chi connectivity index (χ2n) is 4.77. The largest absolute Gasteiger partial charge is 0.296 e. The molecule has 0 saturated heterocycles. The van der Waals surface area contributed by atoms with E-state index in [-0.39, 0.29) is 5.56 Å². The molecule has 1 aromatic rings. The Labute approximate surface area is 137 Å². The summed E-state index contributed by atoms with van der Waals surface area (Å²) in [5.41, 5.74) is 0.102. The van der Waals surface area contributed by atoms with Crippen molar-refractivity contribution >= 4 is 38.5 Å². The summed E-state index contributed by atoms with van der Waals surface area (Å²) >= 11 is 5.50. The van der Waals surface area contributed by atoms with Gasteiger partial charge in [-0.2, -0.15) is 0 Å². The van der Waals surface area contributed by atoms with E-state index < -0.39 is 0 Å². The van der Waals surface area contributed by atoms with Crippen molar-refractivity contribution in [2.24, 2.45) is 0 Å². The predicted octanol–water partition coefficient (Wildman–Crippen LogP) is 4.28. The van der Waals surface area contributed by atoms with Crippen LogP contribution in [0.25, 0.3) is 0 Å². The van der Waals surface area contributed by atoms with Crippen LogP contribution in [0, 0.1) is 10.5 Å². The van der Waals surface area contributed by atoms with E-state index >= 15 is 0 Å². The minimum absolute atomic E-state index is 0.102. The highest BCUT2D eigenvalue weighted by molar-refractivity contribution is 14.1. The molecular formula is C14H22BrIN2O. The molecule has 0 amide bonds. The third-order valence-corrected chi connectivity index (χ3v) is 4.52. The molecule has 0 spiro atoms. The first-order valence-corrected chi connectivity index (χ1v) is 9.14. The van der Waals surface area contributed by atoms with Crippen molar-refractivity contribution in [3.8, 4) is 0 Å². The first kappa shape index (κ1) is 17.1. The summed E-state index contributed by atoms with van der Waals surface area (Å²) in [6, 6.07) is 0. The van der Waals surface area contributed by atoms with E-state index in [0.717, 1.165) is 24.1 Å². The molecule has 19 heavy (non-hydrogen) atoms. The lowest BCUT2D eigenvalue weighted by Gasteiger charge is -2.09. The highest BCUT2D eigenvalue weighted by Gasteiger charge is 2.04. The first-order valence-electron chi connectivity index (χ1n) is 6.94. The summed E-state index contributed by atoms with van der Waals surface area (Å²) < 4.78 is 2.50. The minimum atomic E-state index is 0.102. The molecule has 0 unspecified atom stereocenters. The van der Waals surface area contributed by atoms with Crippen LogP contribution in [0.3, 0.4) is 0 Å². The van der Waals surface area contributed by atoms with Crippen molar-refractivity contribution < 1.29 is 0 Å². The Hall–Kier alpha value is 0.0900. The smallest absolute Gasteiger partial charge is 0.266 e. The normalized spacial score (nSPS) is 10.9. The van der Waals surface area contributed by atoms with Gasteiger partial charge in [0, 0.05) is 18.1 Å². The van der Waals surface area contributed by atoms with Gasteiger partial charge in [-0.3, -0.25) is 9.36 Å². The van der Waals surface area contributed by atoms with Crippen molar-refractivity contribution in [2.75, 3.05) is 5.33 Å². The average molecular weight is 441 g/mol.